The van der Waals surface area contributed by atoms with E-state index in [1.807, 2.05) is 0 Å². The molecule has 14 heavy (non-hydrogen) atoms. The molecule has 0 saturated carbocycles. The molecule has 1 aliphatic heterocycles. The number of carboxylic acids is 1. The minimum absolute atomic E-state index is 0.335. The molecule has 0 aliphatic carbocycles. The quantitative estimate of drug-likeness (QED) is 0.793. The number of hydrogen-bond acceptors (Lipinski definition) is 3. The zero-order chi connectivity index (χ0) is 9.97. The highest BCUT2D eigenvalue weighted by Gasteiger charge is 2.28. The third-order valence-electron chi connectivity index (χ3n) is 2.62. The highest BCUT2D eigenvalue weighted by molar-refractivity contribution is 7.07. The lowest BCUT2D eigenvalue weighted by atomic mass is 9.98. The standard InChI is InChI=1S/C10H13NO2S/c12-10(13)9-4-8(5-11-9)3-7-1-2-14-6-7/h1-2,6,8-9,11H,3-5H2,(H,12,13)/t8-,9-/m0/s1. The van der Waals surface area contributed by atoms with E-state index in [0.29, 0.717) is 5.92 Å². The number of hydrogen-bond donors (Lipinski definition) is 2. The van der Waals surface area contributed by atoms with E-state index in [2.05, 4.69) is 22.1 Å². The van der Waals surface area contributed by atoms with Gasteiger partial charge in [0.1, 0.15) is 6.04 Å². The number of rotatable bonds is 3. The van der Waals surface area contributed by atoms with Gasteiger partial charge < -0.3 is 10.4 Å². The van der Waals surface area contributed by atoms with E-state index in [1.54, 1.807) is 11.3 Å². The molecule has 0 unspecified atom stereocenters. The maximum Gasteiger partial charge on any atom is 0.320 e. The van der Waals surface area contributed by atoms with E-state index in [0.717, 1.165) is 19.4 Å². The second-order valence-corrected chi connectivity index (χ2v) is 4.52. The van der Waals surface area contributed by atoms with Crippen molar-refractivity contribution in [1.82, 2.24) is 5.32 Å². The Kier molecular flexibility index (Phi) is 2.84. The Balaban J connectivity index is 1.87. The van der Waals surface area contributed by atoms with Gasteiger partial charge in [0.15, 0.2) is 0 Å². The number of thiophene rings is 1. The fourth-order valence-electron chi connectivity index (χ4n) is 1.89. The molecule has 0 spiro atoms. The summed E-state index contributed by atoms with van der Waals surface area (Å²) in [6.07, 6.45) is 1.76. The number of carboxylic acid groups (broad SMARTS) is 1. The third kappa shape index (κ3) is 2.13. The molecule has 0 aromatic carbocycles. The Morgan fingerprint density at radius 3 is 3.14 bits per heavy atom. The van der Waals surface area contributed by atoms with E-state index in [9.17, 15) is 4.79 Å². The number of nitrogens with one attached hydrogen (secondary N) is 1. The van der Waals surface area contributed by atoms with Crippen LogP contribution in [0, 0.1) is 5.92 Å². The van der Waals surface area contributed by atoms with Crippen molar-refractivity contribution in [3.05, 3.63) is 22.4 Å². The van der Waals surface area contributed by atoms with Gasteiger partial charge in [0.05, 0.1) is 0 Å². The molecular formula is C10H13NO2S. The van der Waals surface area contributed by atoms with Crippen molar-refractivity contribution in [2.24, 2.45) is 5.92 Å². The van der Waals surface area contributed by atoms with Crippen molar-refractivity contribution in [3.8, 4) is 0 Å². The van der Waals surface area contributed by atoms with Gasteiger partial charge in [-0.25, -0.2) is 0 Å². The van der Waals surface area contributed by atoms with Crippen molar-refractivity contribution >= 4 is 17.3 Å². The molecule has 0 bridgehead atoms. The maximum absolute atomic E-state index is 10.7. The van der Waals surface area contributed by atoms with Gasteiger partial charge in [0, 0.05) is 0 Å². The second-order valence-electron chi connectivity index (χ2n) is 3.74. The zero-order valence-electron chi connectivity index (χ0n) is 7.77. The number of aliphatic carboxylic acids is 1. The Morgan fingerprint density at radius 1 is 1.71 bits per heavy atom. The lowest BCUT2D eigenvalue weighted by Crippen LogP contribution is -2.29. The van der Waals surface area contributed by atoms with Crippen LogP contribution in [0.25, 0.3) is 0 Å². The van der Waals surface area contributed by atoms with E-state index >= 15 is 0 Å². The molecule has 2 heterocycles. The van der Waals surface area contributed by atoms with E-state index in [1.165, 1.54) is 5.56 Å². The summed E-state index contributed by atoms with van der Waals surface area (Å²) in [5.74, 6) is -0.247. The Hall–Kier alpha value is -0.870. The summed E-state index contributed by atoms with van der Waals surface area (Å²) in [4.78, 5) is 10.7. The molecule has 1 saturated heterocycles. The summed E-state index contributed by atoms with van der Waals surface area (Å²) < 4.78 is 0. The first-order chi connectivity index (χ1) is 6.75. The van der Waals surface area contributed by atoms with Gasteiger partial charge in [-0.3, -0.25) is 4.79 Å². The summed E-state index contributed by atoms with van der Waals surface area (Å²) in [6, 6.07) is 1.78. The first kappa shape index (κ1) is 9.68. The molecule has 1 fully saturated rings. The van der Waals surface area contributed by atoms with Gasteiger partial charge >= 0.3 is 5.97 Å². The van der Waals surface area contributed by atoms with Gasteiger partial charge in [-0.2, -0.15) is 11.3 Å². The van der Waals surface area contributed by atoms with Gasteiger partial charge in [-0.1, -0.05) is 0 Å². The van der Waals surface area contributed by atoms with Crippen LogP contribution in [-0.2, 0) is 11.2 Å². The van der Waals surface area contributed by atoms with Crippen LogP contribution in [0.2, 0.25) is 0 Å². The molecule has 2 N–H and O–H groups in total. The molecule has 76 valence electrons. The normalized spacial score (nSPS) is 26.6. The summed E-state index contributed by atoms with van der Waals surface area (Å²) >= 11 is 1.69. The fraction of sp³-hybridized carbons (Fsp3) is 0.500. The van der Waals surface area contributed by atoms with Crippen LogP contribution < -0.4 is 5.32 Å². The fourth-order valence-corrected chi connectivity index (χ4v) is 2.58. The lowest BCUT2D eigenvalue weighted by Gasteiger charge is -2.05. The van der Waals surface area contributed by atoms with Crippen molar-refractivity contribution in [2.75, 3.05) is 6.54 Å². The first-order valence-electron chi connectivity index (χ1n) is 4.73. The van der Waals surface area contributed by atoms with E-state index in [4.69, 9.17) is 5.11 Å². The van der Waals surface area contributed by atoms with Crippen molar-refractivity contribution in [2.45, 2.75) is 18.9 Å². The molecule has 0 radical (unpaired) electrons. The Labute approximate surface area is 86.8 Å². The molecule has 2 atom stereocenters. The minimum atomic E-state index is -0.724. The van der Waals surface area contributed by atoms with Gasteiger partial charge in [0.2, 0.25) is 0 Å². The molecular weight excluding hydrogens is 198 g/mol. The average Bonchev–Trinajstić information content (AvgIpc) is 2.75. The van der Waals surface area contributed by atoms with Crippen molar-refractivity contribution in [3.63, 3.8) is 0 Å². The lowest BCUT2D eigenvalue weighted by molar-refractivity contribution is -0.139. The highest BCUT2D eigenvalue weighted by Crippen LogP contribution is 2.20. The topological polar surface area (TPSA) is 49.3 Å². The molecule has 0 amide bonds. The van der Waals surface area contributed by atoms with Crippen LogP contribution in [0.5, 0.6) is 0 Å². The predicted molar refractivity (Wildman–Crippen MR) is 55.6 cm³/mol. The summed E-state index contributed by atoms with van der Waals surface area (Å²) in [6.45, 7) is 0.826. The minimum Gasteiger partial charge on any atom is -0.480 e. The van der Waals surface area contributed by atoms with Crippen molar-refractivity contribution < 1.29 is 9.90 Å². The second kappa shape index (κ2) is 4.11. The molecule has 3 nitrogen and oxygen atoms in total. The van der Waals surface area contributed by atoms with E-state index in [-0.39, 0.29) is 6.04 Å². The molecule has 2 rings (SSSR count). The highest BCUT2D eigenvalue weighted by atomic mass is 32.1. The van der Waals surface area contributed by atoms with Crippen LogP contribution in [0.1, 0.15) is 12.0 Å². The largest absolute Gasteiger partial charge is 0.480 e. The predicted octanol–water partition coefficient (Wildman–Crippen LogP) is 1.35. The third-order valence-corrected chi connectivity index (χ3v) is 3.36. The Morgan fingerprint density at radius 2 is 2.57 bits per heavy atom. The molecule has 1 aromatic heterocycles. The maximum atomic E-state index is 10.7. The van der Waals surface area contributed by atoms with Crippen LogP contribution in [0.15, 0.2) is 16.8 Å². The molecule has 1 aromatic rings. The van der Waals surface area contributed by atoms with Crippen molar-refractivity contribution in [1.29, 1.82) is 0 Å². The average molecular weight is 211 g/mol. The molecule has 1 aliphatic rings. The molecule has 4 heteroatoms. The summed E-state index contributed by atoms with van der Waals surface area (Å²) in [5, 5.41) is 16.0. The van der Waals surface area contributed by atoms with Crippen LogP contribution in [0.3, 0.4) is 0 Å². The smallest absolute Gasteiger partial charge is 0.320 e. The SMILES string of the molecule is O=C(O)[C@@H]1C[C@H](Cc2ccsc2)CN1. The zero-order valence-corrected chi connectivity index (χ0v) is 8.59. The number of carbonyl (C=O) groups is 1. The van der Waals surface area contributed by atoms with Crippen LogP contribution in [-0.4, -0.2) is 23.7 Å². The van der Waals surface area contributed by atoms with Gasteiger partial charge in [-0.15, -0.1) is 0 Å². The summed E-state index contributed by atoms with van der Waals surface area (Å²) in [5.41, 5.74) is 1.33. The Bertz CT molecular complexity index is 310. The first-order valence-corrected chi connectivity index (χ1v) is 5.67. The van der Waals surface area contributed by atoms with E-state index < -0.39 is 5.97 Å². The summed E-state index contributed by atoms with van der Waals surface area (Å²) in [7, 11) is 0. The van der Waals surface area contributed by atoms with Crippen LogP contribution >= 0.6 is 11.3 Å². The van der Waals surface area contributed by atoms with Gasteiger partial charge in [0.25, 0.3) is 0 Å². The van der Waals surface area contributed by atoms with Gasteiger partial charge in [-0.05, 0) is 47.7 Å². The monoisotopic (exact) mass is 211 g/mol. The van der Waals surface area contributed by atoms with Crippen LogP contribution in [0.4, 0.5) is 0 Å².